The largest absolute Gasteiger partial charge is 0.354 e. The molecule has 1 saturated heterocycles. The normalized spacial score (nSPS) is 22.2. The number of aromatic nitrogens is 2. The first kappa shape index (κ1) is 12.3. The van der Waals surface area contributed by atoms with Crippen LogP contribution in [0.1, 0.15) is 19.7 Å². The summed E-state index contributed by atoms with van der Waals surface area (Å²) in [6.45, 7) is 9.73. The van der Waals surface area contributed by atoms with Crippen LogP contribution in [0.5, 0.6) is 0 Å². The highest BCUT2D eigenvalue weighted by atomic mass is 15.3. The van der Waals surface area contributed by atoms with E-state index >= 15 is 0 Å². The van der Waals surface area contributed by atoms with Crippen molar-refractivity contribution in [2.45, 2.75) is 26.8 Å². The van der Waals surface area contributed by atoms with Gasteiger partial charge in [-0.3, -0.25) is 4.90 Å². The minimum atomic E-state index is 0.610. The lowest BCUT2D eigenvalue weighted by atomic mass is 10.0. The molecule has 1 aromatic rings. The summed E-state index contributed by atoms with van der Waals surface area (Å²) >= 11 is 0. The molecule has 1 aromatic heterocycles. The van der Waals surface area contributed by atoms with E-state index in [1.807, 2.05) is 19.2 Å². The fourth-order valence-electron chi connectivity index (χ4n) is 2.45. The van der Waals surface area contributed by atoms with Crippen LogP contribution in [0.15, 0.2) is 12.3 Å². The summed E-state index contributed by atoms with van der Waals surface area (Å²) in [7, 11) is 2.22. The smallest absolute Gasteiger partial charge is 0.132 e. The van der Waals surface area contributed by atoms with Crippen LogP contribution in [-0.2, 0) is 0 Å². The Kier molecular flexibility index (Phi) is 3.62. The van der Waals surface area contributed by atoms with Gasteiger partial charge >= 0.3 is 0 Å². The maximum Gasteiger partial charge on any atom is 0.132 e. The van der Waals surface area contributed by atoms with Crippen LogP contribution in [-0.4, -0.2) is 47.6 Å². The van der Waals surface area contributed by atoms with E-state index in [0.29, 0.717) is 12.0 Å². The zero-order chi connectivity index (χ0) is 12.4. The van der Waals surface area contributed by atoms with E-state index in [-0.39, 0.29) is 0 Å². The molecule has 1 fully saturated rings. The summed E-state index contributed by atoms with van der Waals surface area (Å²) in [5.74, 6) is 2.59. The van der Waals surface area contributed by atoms with E-state index in [4.69, 9.17) is 0 Å². The topological polar surface area (TPSA) is 32.3 Å². The van der Waals surface area contributed by atoms with Gasteiger partial charge in [0.25, 0.3) is 0 Å². The fraction of sp³-hybridized carbons (Fsp3) is 0.692. The first-order valence-electron chi connectivity index (χ1n) is 6.33. The lowest BCUT2D eigenvalue weighted by Gasteiger charge is -2.42. The molecule has 0 spiro atoms. The van der Waals surface area contributed by atoms with E-state index in [0.717, 1.165) is 31.3 Å². The van der Waals surface area contributed by atoms with Crippen molar-refractivity contribution >= 4 is 5.82 Å². The number of piperazine rings is 1. The molecule has 0 N–H and O–H groups in total. The van der Waals surface area contributed by atoms with Crippen molar-refractivity contribution in [3.05, 3.63) is 18.1 Å². The Morgan fingerprint density at radius 3 is 2.76 bits per heavy atom. The zero-order valence-corrected chi connectivity index (χ0v) is 11.2. The molecule has 17 heavy (non-hydrogen) atoms. The Balaban J connectivity index is 2.13. The first-order valence-corrected chi connectivity index (χ1v) is 6.33. The van der Waals surface area contributed by atoms with Crippen molar-refractivity contribution in [1.82, 2.24) is 14.9 Å². The molecular weight excluding hydrogens is 212 g/mol. The summed E-state index contributed by atoms with van der Waals surface area (Å²) in [6, 6.07) is 2.62. The van der Waals surface area contributed by atoms with Gasteiger partial charge in [-0.2, -0.15) is 0 Å². The quantitative estimate of drug-likeness (QED) is 0.777. The van der Waals surface area contributed by atoms with Gasteiger partial charge in [-0.1, -0.05) is 13.8 Å². The van der Waals surface area contributed by atoms with E-state index in [2.05, 4.69) is 40.7 Å². The second-order valence-corrected chi connectivity index (χ2v) is 5.20. The predicted octanol–water partition coefficient (Wildman–Crippen LogP) is 1.56. The maximum atomic E-state index is 4.51. The number of likely N-dealkylation sites (N-methyl/N-ethyl adjacent to an activating group) is 1. The summed E-state index contributed by atoms with van der Waals surface area (Å²) in [6.07, 6.45) is 1.85. The van der Waals surface area contributed by atoms with Gasteiger partial charge in [0.15, 0.2) is 0 Å². The third-order valence-electron chi connectivity index (χ3n) is 3.55. The lowest BCUT2D eigenvalue weighted by Crippen LogP contribution is -2.53. The first-order chi connectivity index (χ1) is 8.08. The molecule has 2 rings (SSSR count). The molecule has 1 aliphatic rings. The van der Waals surface area contributed by atoms with Crippen molar-refractivity contribution in [2.75, 3.05) is 31.6 Å². The van der Waals surface area contributed by atoms with Crippen LogP contribution in [0, 0.1) is 12.8 Å². The molecule has 0 bridgehead atoms. The number of hydrogen-bond donors (Lipinski definition) is 0. The Hall–Kier alpha value is -1.16. The maximum absolute atomic E-state index is 4.51. The monoisotopic (exact) mass is 234 g/mol. The minimum Gasteiger partial charge on any atom is -0.354 e. The van der Waals surface area contributed by atoms with Gasteiger partial charge < -0.3 is 4.90 Å². The van der Waals surface area contributed by atoms with Crippen LogP contribution >= 0.6 is 0 Å². The highest BCUT2D eigenvalue weighted by molar-refractivity contribution is 5.38. The minimum absolute atomic E-state index is 0.610. The third kappa shape index (κ3) is 2.75. The molecule has 0 aromatic carbocycles. The number of aryl methyl sites for hydroxylation is 1. The second-order valence-electron chi connectivity index (χ2n) is 5.20. The summed E-state index contributed by atoms with van der Waals surface area (Å²) < 4.78 is 0. The average molecular weight is 234 g/mol. The summed E-state index contributed by atoms with van der Waals surface area (Å²) in [5.41, 5.74) is 0. The van der Waals surface area contributed by atoms with Gasteiger partial charge in [0.05, 0.1) is 0 Å². The molecule has 4 heteroatoms. The number of hydrogen-bond acceptors (Lipinski definition) is 4. The van der Waals surface area contributed by atoms with Crippen LogP contribution in [0.4, 0.5) is 5.82 Å². The van der Waals surface area contributed by atoms with E-state index in [1.165, 1.54) is 0 Å². The predicted molar refractivity (Wildman–Crippen MR) is 70.2 cm³/mol. The van der Waals surface area contributed by atoms with Crippen molar-refractivity contribution in [3.8, 4) is 0 Å². The number of rotatable bonds is 2. The average Bonchev–Trinajstić information content (AvgIpc) is 2.29. The highest BCUT2D eigenvalue weighted by Crippen LogP contribution is 2.19. The number of anilines is 1. The molecule has 2 heterocycles. The van der Waals surface area contributed by atoms with Crippen LogP contribution in [0.3, 0.4) is 0 Å². The zero-order valence-electron chi connectivity index (χ0n) is 11.2. The summed E-state index contributed by atoms with van der Waals surface area (Å²) in [5, 5.41) is 0. The van der Waals surface area contributed by atoms with Crippen LogP contribution in [0.2, 0.25) is 0 Å². The summed E-state index contributed by atoms with van der Waals surface area (Å²) in [4.78, 5) is 13.5. The molecule has 94 valence electrons. The van der Waals surface area contributed by atoms with Crippen LogP contribution < -0.4 is 4.90 Å². The SMILES string of the molecule is Cc1nccc(N2CCN(C)C(C(C)C)C2)n1. The van der Waals surface area contributed by atoms with Gasteiger partial charge in [0.1, 0.15) is 11.6 Å². The van der Waals surface area contributed by atoms with Crippen molar-refractivity contribution in [3.63, 3.8) is 0 Å². The van der Waals surface area contributed by atoms with Crippen molar-refractivity contribution in [2.24, 2.45) is 5.92 Å². The van der Waals surface area contributed by atoms with Gasteiger partial charge in [-0.25, -0.2) is 9.97 Å². The van der Waals surface area contributed by atoms with Crippen molar-refractivity contribution in [1.29, 1.82) is 0 Å². The second kappa shape index (κ2) is 5.00. The van der Waals surface area contributed by atoms with Crippen LogP contribution in [0.25, 0.3) is 0 Å². The molecular formula is C13H22N4. The molecule has 0 amide bonds. The molecule has 1 aliphatic heterocycles. The molecule has 1 unspecified atom stereocenters. The molecule has 0 radical (unpaired) electrons. The van der Waals surface area contributed by atoms with Gasteiger partial charge in [0, 0.05) is 31.9 Å². The van der Waals surface area contributed by atoms with Crippen molar-refractivity contribution < 1.29 is 0 Å². The third-order valence-corrected chi connectivity index (χ3v) is 3.55. The highest BCUT2D eigenvalue weighted by Gasteiger charge is 2.27. The van der Waals surface area contributed by atoms with Gasteiger partial charge in [-0.05, 0) is 26.0 Å². The molecule has 0 aliphatic carbocycles. The Morgan fingerprint density at radius 2 is 2.12 bits per heavy atom. The van der Waals surface area contributed by atoms with Gasteiger partial charge in [0.2, 0.25) is 0 Å². The van der Waals surface area contributed by atoms with E-state index < -0.39 is 0 Å². The van der Waals surface area contributed by atoms with E-state index in [1.54, 1.807) is 0 Å². The standard InChI is InChI=1S/C13H22N4/c1-10(2)12-9-17(8-7-16(12)4)13-5-6-14-11(3)15-13/h5-6,10,12H,7-9H2,1-4H3. The molecule has 4 nitrogen and oxygen atoms in total. The van der Waals surface area contributed by atoms with E-state index in [9.17, 15) is 0 Å². The molecule has 1 atom stereocenters. The van der Waals surface area contributed by atoms with Gasteiger partial charge in [-0.15, -0.1) is 0 Å². The Morgan fingerprint density at radius 1 is 1.35 bits per heavy atom. The lowest BCUT2D eigenvalue weighted by molar-refractivity contribution is 0.173. The Labute approximate surface area is 104 Å². The number of nitrogens with zero attached hydrogens (tertiary/aromatic N) is 4. The molecule has 0 saturated carbocycles. The fourth-order valence-corrected chi connectivity index (χ4v) is 2.45. The Bertz CT molecular complexity index is 377.